The Balaban J connectivity index is 3.19. The van der Waals surface area contributed by atoms with E-state index < -0.39 is 0 Å². The molecule has 0 rings (SSSR count). The first-order valence-electron chi connectivity index (χ1n) is 6.35. The number of carbonyl (C=O) groups excluding carboxylic acids is 2. The van der Waals surface area contributed by atoms with Gasteiger partial charge < -0.3 is 20.1 Å². The summed E-state index contributed by atoms with van der Waals surface area (Å²) in [4.78, 5) is 21.7. The Morgan fingerprint density at radius 2 is 1.89 bits per heavy atom. The molecule has 0 aliphatic rings. The molecule has 106 valence electrons. The van der Waals surface area contributed by atoms with Crippen molar-refractivity contribution in [2.24, 2.45) is 0 Å². The maximum Gasteiger partial charge on any atom is 0.302 e. The number of nitrogens with one attached hydrogen (secondary N) is 2. The van der Waals surface area contributed by atoms with Crippen LogP contribution in [-0.4, -0.2) is 51.3 Å². The number of amides is 1. The standard InChI is InChI=1S/C12H24N2O4/c1-3-13-6-4-8-17-9-5-12(16)14-7-10-18-11(2)15/h13H,3-10H2,1-2H3,(H,14,16). The number of rotatable bonds is 11. The van der Waals surface area contributed by atoms with Gasteiger partial charge in [0.1, 0.15) is 6.61 Å². The van der Waals surface area contributed by atoms with E-state index in [0.29, 0.717) is 26.2 Å². The molecule has 0 saturated heterocycles. The highest BCUT2D eigenvalue weighted by atomic mass is 16.5. The fourth-order valence-electron chi connectivity index (χ4n) is 1.22. The van der Waals surface area contributed by atoms with E-state index in [1.54, 1.807) is 0 Å². The van der Waals surface area contributed by atoms with Crippen LogP contribution in [0, 0.1) is 0 Å². The van der Waals surface area contributed by atoms with E-state index in [9.17, 15) is 9.59 Å². The van der Waals surface area contributed by atoms with Gasteiger partial charge in [0.25, 0.3) is 0 Å². The average molecular weight is 260 g/mol. The predicted molar refractivity (Wildman–Crippen MR) is 68.2 cm³/mol. The molecule has 0 heterocycles. The number of hydrogen-bond acceptors (Lipinski definition) is 5. The number of hydrogen-bond donors (Lipinski definition) is 2. The molecule has 0 spiro atoms. The monoisotopic (exact) mass is 260 g/mol. The maximum absolute atomic E-state index is 11.3. The van der Waals surface area contributed by atoms with Gasteiger partial charge >= 0.3 is 5.97 Å². The third-order valence-corrected chi connectivity index (χ3v) is 2.10. The van der Waals surface area contributed by atoms with Crippen molar-refractivity contribution < 1.29 is 19.1 Å². The van der Waals surface area contributed by atoms with Gasteiger partial charge in [0.2, 0.25) is 5.91 Å². The van der Waals surface area contributed by atoms with Crippen molar-refractivity contribution in [2.75, 3.05) is 39.5 Å². The summed E-state index contributed by atoms with van der Waals surface area (Å²) in [6.45, 7) is 6.93. The molecule has 6 heteroatoms. The molecular weight excluding hydrogens is 236 g/mol. The summed E-state index contributed by atoms with van der Waals surface area (Å²) in [5, 5.41) is 5.83. The minimum atomic E-state index is -0.340. The average Bonchev–Trinajstić information content (AvgIpc) is 2.33. The lowest BCUT2D eigenvalue weighted by Crippen LogP contribution is -2.28. The van der Waals surface area contributed by atoms with Crippen LogP contribution in [-0.2, 0) is 19.1 Å². The summed E-state index contributed by atoms with van der Waals surface area (Å²) in [7, 11) is 0. The van der Waals surface area contributed by atoms with E-state index in [-0.39, 0.29) is 18.5 Å². The fraction of sp³-hybridized carbons (Fsp3) is 0.833. The highest BCUT2D eigenvalue weighted by Crippen LogP contribution is 1.86. The largest absolute Gasteiger partial charge is 0.464 e. The van der Waals surface area contributed by atoms with Crippen LogP contribution in [0.25, 0.3) is 0 Å². The summed E-state index contributed by atoms with van der Waals surface area (Å²) in [6, 6.07) is 0. The molecule has 0 aromatic heterocycles. The van der Waals surface area contributed by atoms with Crippen LogP contribution in [0.2, 0.25) is 0 Å². The lowest BCUT2D eigenvalue weighted by Gasteiger charge is -2.06. The van der Waals surface area contributed by atoms with Crippen molar-refractivity contribution in [3.63, 3.8) is 0 Å². The zero-order valence-electron chi connectivity index (χ0n) is 11.3. The van der Waals surface area contributed by atoms with Crippen LogP contribution in [0.15, 0.2) is 0 Å². The highest BCUT2D eigenvalue weighted by molar-refractivity contribution is 5.75. The van der Waals surface area contributed by atoms with Crippen LogP contribution >= 0.6 is 0 Å². The molecule has 0 aliphatic heterocycles. The zero-order valence-corrected chi connectivity index (χ0v) is 11.3. The molecule has 0 unspecified atom stereocenters. The molecule has 0 bridgehead atoms. The van der Waals surface area contributed by atoms with Gasteiger partial charge in [-0.25, -0.2) is 0 Å². The van der Waals surface area contributed by atoms with Gasteiger partial charge in [0.15, 0.2) is 0 Å². The Hall–Kier alpha value is -1.14. The van der Waals surface area contributed by atoms with E-state index in [4.69, 9.17) is 4.74 Å². The predicted octanol–water partition coefficient (Wildman–Crippen LogP) is 0.0720. The Morgan fingerprint density at radius 3 is 2.56 bits per heavy atom. The molecule has 1 amide bonds. The maximum atomic E-state index is 11.3. The quantitative estimate of drug-likeness (QED) is 0.406. The van der Waals surface area contributed by atoms with Crippen LogP contribution in [0.1, 0.15) is 26.7 Å². The van der Waals surface area contributed by atoms with E-state index in [1.807, 2.05) is 0 Å². The minimum Gasteiger partial charge on any atom is -0.464 e. The number of carbonyl (C=O) groups is 2. The van der Waals surface area contributed by atoms with Crippen molar-refractivity contribution in [3.05, 3.63) is 0 Å². The first kappa shape index (κ1) is 16.9. The Morgan fingerprint density at radius 1 is 1.11 bits per heavy atom. The summed E-state index contributed by atoms with van der Waals surface area (Å²) in [5.41, 5.74) is 0. The molecule has 0 saturated carbocycles. The molecule has 0 radical (unpaired) electrons. The smallest absolute Gasteiger partial charge is 0.302 e. The fourth-order valence-corrected chi connectivity index (χ4v) is 1.22. The topological polar surface area (TPSA) is 76.7 Å². The normalized spacial score (nSPS) is 10.1. The highest BCUT2D eigenvalue weighted by Gasteiger charge is 2.01. The van der Waals surface area contributed by atoms with Crippen LogP contribution in [0.3, 0.4) is 0 Å². The molecule has 18 heavy (non-hydrogen) atoms. The lowest BCUT2D eigenvalue weighted by molar-refractivity contribution is -0.141. The van der Waals surface area contributed by atoms with Gasteiger partial charge in [-0.15, -0.1) is 0 Å². The van der Waals surface area contributed by atoms with Gasteiger partial charge in [-0.3, -0.25) is 9.59 Å². The summed E-state index contributed by atoms with van der Waals surface area (Å²) in [6.07, 6.45) is 1.28. The molecule has 0 aromatic rings. The molecule has 0 fully saturated rings. The lowest BCUT2D eigenvalue weighted by atomic mass is 10.4. The van der Waals surface area contributed by atoms with Crippen molar-refractivity contribution >= 4 is 11.9 Å². The molecule has 0 aromatic carbocycles. The third-order valence-electron chi connectivity index (χ3n) is 2.10. The summed E-state index contributed by atoms with van der Waals surface area (Å²) < 4.78 is 9.99. The van der Waals surface area contributed by atoms with Crippen LogP contribution < -0.4 is 10.6 Å². The minimum absolute atomic E-state index is 0.0890. The van der Waals surface area contributed by atoms with Gasteiger partial charge in [0.05, 0.1) is 13.2 Å². The molecule has 0 aliphatic carbocycles. The van der Waals surface area contributed by atoms with Crippen molar-refractivity contribution in [2.45, 2.75) is 26.7 Å². The van der Waals surface area contributed by atoms with E-state index in [2.05, 4.69) is 22.3 Å². The van der Waals surface area contributed by atoms with Gasteiger partial charge in [-0.2, -0.15) is 0 Å². The first-order valence-corrected chi connectivity index (χ1v) is 6.35. The van der Waals surface area contributed by atoms with Crippen LogP contribution in [0.4, 0.5) is 0 Å². The zero-order chi connectivity index (χ0) is 13.6. The second-order valence-corrected chi connectivity index (χ2v) is 3.76. The van der Waals surface area contributed by atoms with Crippen molar-refractivity contribution in [1.82, 2.24) is 10.6 Å². The second kappa shape index (κ2) is 12.3. The first-order chi connectivity index (χ1) is 8.66. The SMILES string of the molecule is CCNCCCOCCC(=O)NCCOC(C)=O. The van der Waals surface area contributed by atoms with Crippen LogP contribution in [0.5, 0.6) is 0 Å². The Bertz CT molecular complexity index is 234. The molecule has 6 nitrogen and oxygen atoms in total. The Labute approximate surface area is 108 Å². The van der Waals surface area contributed by atoms with E-state index >= 15 is 0 Å². The third kappa shape index (κ3) is 12.9. The second-order valence-electron chi connectivity index (χ2n) is 3.76. The van der Waals surface area contributed by atoms with Crippen molar-refractivity contribution in [1.29, 1.82) is 0 Å². The molecule has 0 atom stereocenters. The van der Waals surface area contributed by atoms with Gasteiger partial charge in [0, 0.05) is 20.0 Å². The van der Waals surface area contributed by atoms with Gasteiger partial charge in [-0.05, 0) is 19.5 Å². The number of esters is 1. The van der Waals surface area contributed by atoms with Crippen molar-refractivity contribution in [3.8, 4) is 0 Å². The summed E-state index contributed by atoms with van der Waals surface area (Å²) >= 11 is 0. The van der Waals surface area contributed by atoms with E-state index in [0.717, 1.165) is 19.5 Å². The molecule has 2 N–H and O–H groups in total. The summed E-state index contributed by atoms with van der Waals surface area (Å²) in [5.74, 6) is -0.429. The van der Waals surface area contributed by atoms with E-state index in [1.165, 1.54) is 6.92 Å². The number of ether oxygens (including phenoxy) is 2. The van der Waals surface area contributed by atoms with Gasteiger partial charge in [-0.1, -0.05) is 6.92 Å². The Kier molecular flexibility index (Phi) is 11.5. The molecular formula is C12H24N2O4.